The maximum atomic E-state index is 14.4. The van der Waals surface area contributed by atoms with Crippen LogP contribution < -0.4 is 0 Å². The third-order valence-corrected chi connectivity index (χ3v) is 5.61. The lowest BCUT2D eigenvalue weighted by Gasteiger charge is -2.38. The summed E-state index contributed by atoms with van der Waals surface area (Å²) in [6.45, 7) is 3.70. The van der Waals surface area contributed by atoms with E-state index >= 15 is 0 Å². The van der Waals surface area contributed by atoms with Gasteiger partial charge in [0.1, 0.15) is 5.41 Å². The van der Waals surface area contributed by atoms with E-state index in [-0.39, 0.29) is 12.8 Å². The van der Waals surface area contributed by atoms with E-state index in [1.807, 2.05) is 6.92 Å². The van der Waals surface area contributed by atoms with Crippen LogP contribution in [0.25, 0.3) is 0 Å². The molecule has 0 radical (unpaired) electrons. The van der Waals surface area contributed by atoms with E-state index in [1.54, 1.807) is 6.92 Å². The molecule has 30 heavy (non-hydrogen) atoms. The van der Waals surface area contributed by atoms with Gasteiger partial charge in [-0.3, -0.25) is 0 Å². The molecule has 0 aliphatic carbocycles. The number of hydrogen-bond donors (Lipinski definition) is 0. The summed E-state index contributed by atoms with van der Waals surface area (Å²) in [6, 6.07) is 0. The molecule has 2 unspecified atom stereocenters. The molecule has 0 aromatic carbocycles. The second-order valence-corrected chi connectivity index (χ2v) is 9.13. The van der Waals surface area contributed by atoms with E-state index in [0.29, 0.717) is 25.7 Å². The van der Waals surface area contributed by atoms with Crippen molar-refractivity contribution >= 4 is 9.24 Å². The molecule has 0 aliphatic heterocycles. The fourth-order valence-corrected chi connectivity index (χ4v) is 3.62. The molecule has 0 bridgehead atoms. The lowest BCUT2D eigenvalue weighted by atomic mass is 9.91. The summed E-state index contributed by atoms with van der Waals surface area (Å²) in [6.07, 6.45) is 0.0734. The number of alkyl halides is 9. The minimum atomic E-state index is -6.40. The third kappa shape index (κ3) is 8.38. The van der Waals surface area contributed by atoms with Gasteiger partial charge >= 0.3 is 23.7 Å². The minimum Gasteiger partial charge on any atom is -0.239 e. The zero-order valence-electron chi connectivity index (χ0n) is 17.7. The summed E-state index contributed by atoms with van der Waals surface area (Å²) in [7, 11) is 1.34. The third-order valence-electron chi connectivity index (χ3n) is 5.12. The number of unbranched alkanes of at least 4 members (excludes halogenated alkanes) is 8. The molecule has 0 spiro atoms. The van der Waals surface area contributed by atoms with Crippen molar-refractivity contribution in [1.82, 2.24) is 0 Å². The smallest absolute Gasteiger partial charge is 0.239 e. The molecule has 0 aromatic rings. The van der Waals surface area contributed by atoms with Gasteiger partial charge in [0.05, 0.1) is 6.42 Å². The molecule has 0 saturated heterocycles. The first kappa shape index (κ1) is 29.8. The molecule has 0 amide bonds. The van der Waals surface area contributed by atoms with Crippen LogP contribution in [-0.2, 0) is 0 Å². The Labute approximate surface area is 175 Å². The Balaban J connectivity index is 5.10. The minimum absolute atomic E-state index is 0.0849. The highest BCUT2D eigenvalue weighted by Gasteiger charge is 2.80. The summed E-state index contributed by atoms with van der Waals surface area (Å²) in [4.78, 5) is 0. The molecule has 182 valence electrons. The van der Waals surface area contributed by atoms with Gasteiger partial charge in [-0.25, -0.2) is 4.39 Å². The first-order valence-corrected chi connectivity index (χ1v) is 11.1. The molecule has 0 saturated carbocycles. The van der Waals surface area contributed by atoms with Gasteiger partial charge < -0.3 is 0 Å². The monoisotopic (exact) mass is 476 g/mol. The Morgan fingerprint density at radius 1 is 0.500 bits per heavy atom. The molecule has 0 heterocycles. The molecule has 2 atom stereocenters. The van der Waals surface area contributed by atoms with Crippen LogP contribution in [0.1, 0.15) is 97.3 Å². The lowest BCUT2D eigenvalue weighted by Crippen LogP contribution is -2.63. The van der Waals surface area contributed by atoms with Gasteiger partial charge in [-0.15, -0.1) is 0 Å². The van der Waals surface area contributed by atoms with Crippen LogP contribution in [0.5, 0.6) is 0 Å². The summed E-state index contributed by atoms with van der Waals surface area (Å²) >= 11 is 0. The van der Waals surface area contributed by atoms with Crippen molar-refractivity contribution in [3.63, 3.8) is 0 Å². The molecule has 10 heteroatoms. The van der Waals surface area contributed by atoms with Crippen molar-refractivity contribution < 1.29 is 39.5 Å². The van der Waals surface area contributed by atoms with Gasteiger partial charge in [-0.1, -0.05) is 74.5 Å². The second kappa shape index (κ2) is 12.2. The van der Waals surface area contributed by atoms with E-state index in [1.165, 1.54) is 9.24 Å². The fraction of sp³-hybridized carbons (Fsp3) is 1.00. The average Bonchev–Trinajstić information content (AvgIpc) is 2.60. The molecule has 0 fully saturated rings. The lowest BCUT2D eigenvalue weighted by molar-refractivity contribution is -0.370. The van der Waals surface area contributed by atoms with Crippen LogP contribution in [0, 0.1) is 0 Å². The zero-order chi connectivity index (χ0) is 23.7. The summed E-state index contributed by atoms with van der Waals surface area (Å²) < 4.78 is 126. The van der Waals surface area contributed by atoms with Gasteiger partial charge in [0, 0.05) is 6.42 Å². The largest absolute Gasteiger partial charge is 0.378 e. The normalized spacial score (nSPS) is 16.0. The van der Waals surface area contributed by atoms with Crippen LogP contribution >= 0.6 is 9.24 Å². The predicted molar refractivity (Wildman–Crippen MR) is 105 cm³/mol. The Kier molecular flexibility index (Phi) is 12.1. The molecule has 0 rings (SSSR count). The Morgan fingerprint density at radius 2 is 0.867 bits per heavy atom. The van der Waals surface area contributed by atoms with Gasteiger partial charge in [-0.05, 0) is 19.3 Å². The Hall–Kier alpha value is -0.200. The maximum Gasteiger partial charge on any atom is 0.378 e. The Bertz CT molecular complexity index is 479. The standard InChI is InChI=1S/C20H34F9P/c1-3-5-7-9-10-11-13-16(21,30)15-18(24,25)20(28,29)19(26,27)17(22,23)14-12-8-6-4-2/h3-15,30H2,1-2H3. The molecule has 0 aromatic heterocycles. The zero-order valence-corrected chi connectivity index (χ0v) is 18.8. The van der Waals surface area contributed by atoms with Gasteiger partial charge in [0.25, 0.3) is 0 Å². The second-order valence-electron chi connectivity index (χ2n) is 8.10. The van der Waals surface area contributed by atoms with Crippen molar-refractivity contribution in [2.75, 3.05) is 0 Å². The van der Waals surface area contributed by atoms with Crippen molar-refractivity contribution in [3.8, 4) is 0 Å². The van der Waals surface area contributed by atoms with E-state index < -0.39 is 54.8 Å². The van der Waals surface area contributed by atoms with Crippen LogP contribution in [0.2, 0.25) is 0 Å². The van der Waals surface area contributed by atoms with Gasteiger partial charge in [0.2, 0.25) is 0 Å². The molecule has 0 nitrogen and oxygen atoms in total. The molecular formula is C20H34F9P. The summed E-state index contributed by atoms with van der Waals surface area (Å²) in [5.41, 5.74) is 0. The number of halogens is 9. The van der Waals surface area contributed by atoms with Crippen molar-refractivity contribution in [2.24, 2.45) is 0 Å². The van der Waals surface area contributed by atoms with Crippen LogP contribution in [0.3, 0.4) is 0 Å². The SMILES string of the molecule is CCCCCCCCC(F)(P)CC(F)(F)C(F)(F)C(F)(F)C(F)(F)CCCCCC. The van der Waals surface area contributed by atoms with Gasteiger partial charge in [0.15, 0.2) is 0 Å². The fourth-order valence-electron chi connectivity index (χ4n) is 3.16. The molecule has 0 N–H and O–H groups in total. The predicted octanol–water partition coefficient (Wildman–Crippen LogP) is 9.18. The van der Waals surface area contributed by atoms with E-state index in [9.17, 15) is 39.5 Å². The van der Waals surface area contributed by atoms with Crippen molar-refractivity contribution in [2.45, 2.75) is 126 Å². The van der Waals surface area contributed by atoms with Gasteiger partial charge in [-0.2, -0.15) is 35.1 Å². The van der Waals surface area contributed by atoms with Crippen LogP contribution in [-0.4, -0.2) is 29.1 Å². The highest BCUT2D eigenvalue weighted by atomic mass is 31.0. The number of rotatable bonds is 17. The first-order chi connectivity index (χ1) is 13.6. The highest BCUT2D eigenvalue weighted by Crippen LogP contribution is 2.56. The molecule has 0 aliphatic rings. The van der Waals surface area contributed by atoms with Crippen LogP contribution in [0.15, 0.2) is 0 Å². The Morgan fingerprint density at radius 3 is 1.37 bits per heavy atom. The summed E-state index contributed by atoms with van der Waals surface area (Å²) in [5, 5.41) is -2.97. The van der Waals surface area contributed by atoms with E-state index in [4.69, 9.17) is 0 Å². The maximum absolute atomic E-state index is 14.4. The molecular weight excluding hydrogens is 442 g/mol. The first-order valence-electron chi connectivity index (χ1n) is 10.6. The quantitative estimate of drug-likeness (QED) is 0.112. The number of hydrogen-bond acceptors (Lipinski definition) is 0. The van der Waals surface area contributed by atoms with E-state index in [0.717, 1.165) is 19.3 Å². The van der Waals surface area contributed by atoms with Crippen molar-refractivity contribution in [3.05, 3.63) is 0 Å². The summed E-state index contributed by atoms with van der Waals surface area (Å²) in [5.74, 6) is -23.7. The average molecular weight is 476 g/mol. The highest BCUT2D eigenvalue weighted by molar-refractivity contribution is 7.18. The van der Waals surface area contributed by atoms with E-state index in [2.05, 4.69) is 0 Å². The topological polar surface area (TPSA) is 0 Å². The van der Waals surface area contributed by atoms with Crippen molar-refractivity contribution in [1.29, 1.82) is 0 Å². The van der Waals surface area contributed by atoms with Crippen LogP contribution in [0.4, 0.5) is 39.5 Å².